The number of anilines is 1. The zero-order valence-electron chi connectivity index (χ0n) is 13.7. The first-order valence-electron chi connectivity index (χ1n) is 7.88. The Morgan fingerprint density at radius 1 is 0.923 bits per heavy atom. The summed E-state index contributed by atoms with van der Waals surface area (Å²) in [5.74, 6) is 0. The van der Waals surface area contributed by atoms with Gasteiger partial charge >= 0.3 is 0 Å². The van der Waals surface area contributed by atoms with Gasteiger partial charge in [-0.25, -0.2) is 4.68 Å². The fourth-order valence-electron chi connectivity index (χ4n) is 2.42. The molecule has 0 aliphatic rings. The van der Waals surface area contributed by atoms with E-state index in [9.17, 15) is 0 Å². The number of nitrogens with one attached hydrogen (secondary N) is 1. The lowest BCUT2D eigenvalue weighted by Crippen LogP contribution is -2.20. The van der Waals surface area contributed by atoms with E-state index in [0.717, 1.165) is 26.8 Å². The van der Waals surface area contributed by atoms with Crippen LogP contribution >= 0.6 is 47.6 Å². The minimum atomic E-state index is 0.446. The fraction of sp³-hybridized carbons (Fsp3) is 0.105. The number of para-hydroxylation sites is 1. The third kappa shape index (κ3) is 4.89. The molecule has 2 aromatic carbocycles. The van der Waals surface area contributed by atoms with Crippen molar-refractivity contribution in [2.45, 2.75) is 12.8 Å². The molecule has 3 nitrogen and oxygen atoms in total. The van der Waals surface area contributed by atoms with Crippen LogP contribution in [0.3, 0.4) is 0 Å². The smallest absolute Gasteiger partial charge is 0.198 e. The van der Waals surface area contributed by atoms with Crippen molar-refractivity contribution in [3.63, 3.8) is 0 Å². The highest BCUT2D eigenvalue weighted by atomic mass is 35.5. The van der Waals surface area contributed by atoms with Gasteiger partial charge in [-0.1, -0.05) is 65.8 Å². The Hall–Kier alpha value is -1.79. The molecular formula is C19H15Cl2N3S2. The summed E-state index contributed by atoms with van der Waals surface area (Å²) >= 11 is 23.2. The predicted octanol–water partition coefficient (Wildman–Crippen LogP) is 5.59. The van der Waals surface area contributed by atoms with Crippen molar-refractivity contribution in [2.24, 2.45) is 0 Å². The van der Waals surface area contributed by atoms with Crippen molar-refractivity contribution in [1.29, 1.82) is 0 Å². The first-order valence-corrected chi connectivity index (χ1v) is 9.45. The summed E-state index contributed by atoms with van der Waals surface area (Å²) in [6, 6.07) is 17.0. The summed E-state index contributed by atoms with van der Waals surface area (Å²) in [6.45, 7) is 0. The molecule has 7 heteroatoms. The van der Waals surface area contributed by atoms with Crippen LogP contribution in [0, 0.1) is 0 Å². The maximum atomic E-state index is 6.19. The van der Waals surface area contributed by atoms with Crippen LogP contribution in [0.4, 0.5) is 5.69 Å². The number of benzene rings is 2. The number of hydrogen-bond donors (Lipinski definition) is 1. The van der Waals surface area contributed by atoms with Gasteiger partial charge < -0.3 is 5.32 Å². The van der Waals surface area contributed by atoms with E-state index in [2.05, 4.69) is 10.4 Å². The van der Waals surface area contributed by atoms with Crippen LogP contribution < -0.4 is 5.32 Å². The fourth-order valence-corrected chi connectivity index (χ4v) is 3.32. The highest BCUT2D eigenvalue weighted by molar-refractivity contribution is 7.80. The minimum Gasteiger partial charge on any atom is -0.330 e. The van der Waals surface area contributed by atoms with Gasteiger partial charge in [0.1, 0.15) is 0 Å². The summed E-state index contributed by atoms with van der Waals surface area (Å²) in [5, 5.41) is 9.35. The number of thiocarbonyl (C=S) groups is 2. The molecule has 0 saturated carbocycles. The molecule has 132 valence electrons. The van der Waals surface area contributed by atoms with Gasteiger partial charge in [0.15, 0.2) is 5.11 Å². The number of nitrogens with zero attached hydrogens (tertiary/aromatic N) is 2. The van der Waals surface area contributed by atoms with Crippen LogP contribution in [-0.2, 0) is 12.8 Å². The summed E-state index contributed by atoms with van der Waals surface area (Å²) in [5.41, 5.74) is 2.62. The molecule has 0 fully saturated rings. The van der Waals surface area contributed by atoms with Crippen molar-refractivity contribution >= 4 is 63.3 Å². The van der Waals surface area contributed by atoms with E-state index in [1.165, 1.54) is 0 Å². The Bertz CT molecular complexity index is 953. The molecule has 0 atom stereocenters. The summed E-state index contributed by atoms with van der Waals surface area (Å²) in [7, 11) is 0. The van der Waals surface area contributed by atoms with E-state index in [0.29, 0.717) is 23.0 Å². The molecule has 0 aliphatic heterocycles. The van der Waals surface area contributed by atoms with Crippen LogP contribution in [0.15, 0.2) is 60.8 Å². The van der Waals surface area contributed by atoms with Gasteiger partial charge in [-0.05, 0) is 42.0 Å². The molecule has 3 aromatic rings. The minimum absolute atomic E-state index is 0.446. The average Bonchev–Trinajstić information content (AvgIpc) is 3.07. The number of aromatic nitrogens is 2. The van der Waals surface area contributed by atoms with Gasteiger partial charge in [0, 0.05) is 28.9 Å². The van der Waals surface area contributed by atoms with E-state index in [1.54, 1.807) is 16.9 Å². The monoisotopic (exact) mass is 419 g/mol. The first kappa shape index (κ1) is 19.0. The highest BCUT2D eigenvalue weighted by Gasteiger charge is 2.09. The Morgan fingerprint density at radius 2 is 1.62 bits per heavy atom. The van der Waals surface area contributed by atoms with Gasteiger partial charge in [-0.2, -0.15) is 5.10 Å². The lowest BCUT2D eigenvalue weighted by molar-refractivity contribution is 0.912. The van der Waals surface area contributed by atoms with E-state index in [-0.39, 0.29) is 0 Å². The van der Waals surface area contributed by atoms with Crippen molar-refractivity contribution in [2.75, 3.05) is 5.32 Å². The van der Waals surface area contributed by atoms with Gasteiger partial charge in [-0.3, -0.25) is 0 Å². The molecule has 1 heterocycles. The molecule has 0 unspecified atom stereocenters. The van der Waals surface area contributed by atoms with E-state index >= 15 is 0 Å². The molecule has 0 radical (unpaired) electrons. The topological polar surface area (TPSA) is 29.9 Å². The maximum absolute atomic E-state index is 6.19. The second kappa shape index (κ2) is 8.73. The lowest BCUT2D eigenvalue weighted by Gasteiger charge is -2.09. The molecule has 1 aromatic heterocycles. The molecule has 1 N–H and O–H groups in total. The van der Waals surface area contributed by atoms with Crippen molar-refractivity contribution in [1.82, 2.24) is 9.78 Å². The molecule has 0 saturated heterocycles. The molecule has 0 amide bonds. The molecular weight excluding hydrogens is 405 g/mol. The third-order valence-corrected chi connectivity index (χ3v) is 4.97. The molecule has 3 rings (SSSR count). The van der Waals surface area contributed by atoms with Gasteiger partial charge in [0.25, 0.3) is 0 Å². The highest BCUT2D eigenvalue weighted by Crippen LogP contribution is 2.21. The van der Waals surface area contributed by atoms with Crippen molar-refractivity contribution in [3.05, 3.63) is 82.1 Å². The lowest BCUT2D eigenvalue weighted by atomic mass is 10.1. The van der Waals surface area contributed by atoms with Crippen LogP contribution in [0.25, 0.3) is 0 Å². The van der Waals surface area contributed by atoms with Crippen molar-refractivity contribution < 1.29 is 0 Å². The molecule has 0 bridgehead atoms. The van der Waals surface area contributed by atoms with Crippen LogP contribution in [0.1, 0.15) is 11.3 Å². The van der Waals surface area contributed by atoms with Gasteiger partial charge in [0.05, 0.1) is 16.4 Å². The van der Waals surface area contributed by atoms with E-state index in [4.69, 9.17) is 47.6 Å². The van der Waals surface area contributed by atoms with E-state index in [1.807, 2.05) is 48.5 Å². The number of halogens is 2. The second-order valence-electron chi connectivity index (χ2n) is 5.65. The maximum Gasteiger partial charge on any atom is 0.198 e. The molecule has 26 heavy (non-hydrogen) atoms. The third-order valence-electron chi connectivity index (χ3n) is 3.69. The Kier molecular flexibility index (Phi) is 6.38. The van der Waals surface area contributed by atoms with Crippen molar-refractivity contribution in [3.8, 4) is 0 Å². The SMILES string of the molecule is S=C(Cc1ccn(C(=S)Nc2ccccc2Cl)n1)Cc1ccccc1Cl. The predicted molar refractivity (Wildman–Crippen MR) is 117 cm³/mol. The average molecular weight is 420 g/mol. The van der Waals surface area contributed by atoms with Crippen LogP contribution in [0.2, 0.25) is 10.0 Å². The largest absolute Gasteiger partial charge is 0.330 e. The summed E-state index contributed by atoms with van der Waals surface area (Å²) < 4.78 is 1.60. The number of hydrogen-bond acceptors (Lipinski definition) is 3. The quantitative estimate of drug-likeness (QED) is 0.545. The zero-order chi connectivity index (χ0) is 18.5. The second-order valence-corrected chi connectivity index (χ2v) is 7.42. The molecule has 0 aliphatic carbocycles. The van der Waals surface area contributed by atoms with Gasteiger partial charge in [0.2, 0.25) is 0 Å². The van der Waals surface area contributed by atoms with Gasteiger partial charge in [-0.15, -0.1) is 0 Å². The Morgan fingerprint density at radius 3 is 2.35 bits per heavy atom. The standard InChI is InChI=1S/C19H15Cl2N3S2/c20-16-6-2-1-5-13(16)11-15(25)12-14-9-10-24(23-14)19(26)22-18-8-4-3-7-17(18)21/h1-10H,11-12H2,(H,22,26). The zero-order valence-corrected chi connectivity index (χ0v) is 16.8. The molecule has 0 spiro atoms. The summed E-state index contributed by atoms with van der Waals surface area (Å²) in [4.78, 5) is 0.869. The Balaban J connectivity index is 1.62. The first-order chi connectivity index (χ1) is 12.5. The summed E-state index contributed by atoms with van der Waals surface area (Å²) in [6.07, 6.45) is 3.03. The van der Waals surface area contributed by atoms with Crippen LogP contribution in [0.5, 0.6) is 0 Å². The Labute approximate surface area is 172 Å². The normalized spacial score (nSPS) is 10.5. The number of rotatable bonds is 5. The van der Waals surface area contributed by atoms with E-state index < -0.39 is 0 Å². The van der Waals surface area contributed by atoms with Crippen LogP contribution in [-0.4, -0.2) is 19.8 Å².